The molecule has 3 rings (SSSR count). The Morgan fingerprint density at radius 2 is 1.97 bits per heavy atom. The third-order valence-corrected chi connectivity index (χ3v) is 4.93. The lowest BCUT2D eigenvalue weighted by Crippen LogP contribution is -2.44. The van der Waals surface area contributed by atoms with Crippen molar-refractivity contribution in [3.63, 3.8) is 0 Å². The van der Waals surface area contributed by atoms with Gasteiger partial charge in [-0.3, -0.25) is 0 Å². The number of benzene rings is 1. The first kappa shape index (κ1) is 26.6. The van der Waals surface area contributed by atoms with E-state index in [2.05, 4.69) is 31.8 Å². The van der Waals surface area contributed by atoms with Gasteiger partial charge in [-0.25, -0.2) is 14.6 Å². The van der Waals surface area contributed by atoms with Gasteiger partial charge in [-0.05, 0) is 51.3 Å². The van der Waals surface area contributed by atoms with E-state index in [1.165, 1.54) is 12.1 Å². The van der Waals surface area contributed by atoms with Crippen molar-refractivity contribution in [3.05, 3.63) is 41.1 Å². The molecule has 1 saturated carbocycles. The lowest BCUT2D eigenvalue weighted by atomic mass is 10.0. The van der Waals surface area contributed by atoms with Crippen LogP contribution < -0.4 is 16.0 Å². The van der Waals surface area contributed by atoms with Gasteiger partial charge in [0.15, 0.2) is 0 Å². The minimum atomic E-state index is -4.62. The molecule has 1 amide bonds. The van der Waals surface area contributed by atoms with Gasteiger partial charge < -0.3 is 25.8 Å². The summed E-state index contributed by atoms with van der Waals surface area (Å²) in [5.41, 5.74) is -0.628. The Kier molecular flexibility index (Phi) is 7.62. The van der Waals surface area contributed by atoms with E-state index < -0.39 is 35.4 Å². The second-order valence-electron chi connectivity index (χ2n) is 9.26. The van der Waals surface area contributed by atoms with Gasteiger partial charge in [-0.15, -0.1) is 6.42 Å². The number of carbonyl (C=O) groups is 2. The topological polar surface area (TPSA) is 125 Å². The van der Waals surface area contributed by atoms with Gasteiger partial charge in [0.1, 0.15) is 23.0 Å². The van der Waals surface area contributed by atoms with Crippen molar-refractivity contribution in [2.75, 3.05) is 10.6 Å². The summed E-state index contributed by atoms with van der Waals surface area (Å²) < 4.78 is 45.1. The summed E-state index contributed by atoms with van der Waals surface area (Å²) in [5.74, 6) is 0.773. The second kappa shape index (κ2) is 10.3. The van der Waals surface area contributed by atoms with Gasteiger partial charge in [0.05, 0.1) is 5.69 Å². The molecule has 0 spiro atoms. The van der Waals surface area contributed by atoms with Crippen molar-refractivity contribution in [2.45, 2.75) is 63.9 Å². The number of rotatable bonds is 8. The quantitative estimate of drug-likeness (QED) is 0.391. The summed E-state index contributed by atoms with van der Waals surface area (Å²) in [6.45, 7) is 4.95. The van der Waals surface area contributed by atoms with Crippen LogP contribution in [0.4, 0.5) is 35.4 Å². The number of carbonyl (C=O) groups excluding carboxylic acids is 1. The first-order chi connectivity index (χ1) is 16.7. The van der Waals surface area contributed by atoms with E-state index in [1.807, 2.05) is 0 Å². The van der Waals surface area contributed by atoms with Gasteiger partial charge in [0.25, 0.3) is 0 Å². The molecule has 1 heterocycles. The smallest absolute Gasteiger partial charge is 0.421 e. The molecule has 0 bridgehead atoms. The average molecular weight is 505 g/mol. The molecule has 2 aromatic rings. The number of alkyl carbamates (subject to hydrolysis) is 1. The van der Waals surface area contributed by atoms with Gasteiger partial charge in [0, 0.05) is 24.2 Å². The van der Waals surface area contributed by atoms with Gasteiger partial charge in [-0.2, -0.15) is 18.2 Å². The molecule has 1 aliphatic carbocycles. The highest BCUT2D eigenvalue weighted by atomic mass is 19.4. The maximum Gasteiger partial charge on any atom is 0.421 e. The molecule has 0 saturated heterocycles. The fourth-order valence-electron chi connectivity index (χ4n) is 3.13. The van der Waals surface area contributed by atoms with Gasteiger partial charge in [0.2, 0.25) is 5.95 Å². The van der Waals surface area contributed by atoms with Crippen LogP contribution in [0.5, 0.6) is 0 Å². The predicted molar refractivity (Wildman–Crippen MR) is 126 cm³/mol. The Labute approximate surface area is 205 Å². The number of aliphatic carboxylic acids is 1. The third kappa shape index (κ3) is 7.49. The molecule has 1 aromatic carbocycles. The monoisotopic (exact) mass is 505 g/mol. The number of alkyl halides is 3. The zero-order valence-corrected chi connectivity index (χ0v) is 19.9. The SMILES string of the molecule is C#Cc1cc(C[C@H](NC(=O)OC(C)(C)C)C(=O)O)ccc1Nc1ncc(C(F)(F)F)c(NC2CC2)n1. The minimum absolute atomic E-state index is 0.0640. The summed E-state index contributed by atoms with van der Waals surface area (Å²) in [5, 5.41) is 17.4. The van der Waals surface area contributed by atoms with Crippen molar-refractivity contribution in [1.29, 1.82) is 0 Å². The summed E-state index contributed by atoms with van der Waals surface area (Å²) in [6.07, 6.45) is 2.24. The summed E-state index contributed by atoms with van der Waals surface area (Å²) in [7, 11) is 0. The standard InChI is InChI=1S/C24H26F3N5O4/c1-5-14-10-13(11-18(20(33)34)31-22(35)36-23(2,3)4)6-9-17(14)30-21-28-12-16(24(25,26)27)19(32-21)29-15-7-8-15/h1,6,9-10,12,15,18H,7-8,11H2,2-4H3,(H,31,35)(H,33,34)(H2,28,29,30,32)/t18-/m0/s1. The summed E-state index contributed by atoms with van der Waals surface area (Å²) >= 11 is 0. The van der Waals surface area contributed by atoms with E-state index >= 15 is 0 Å². The molecule has 4 N–H and O–H groups in total. The number of nitrogens with zero attached hydrogens (tertiary/aromatic N) is 2. The molecule has 9 nitrogen and oxygen atoms in total. The molecule has 36 heavy (non-hydrogen) atoms. The van der Waals surface area contributed by atoms with Crippen LogP contribution in [0.25, 0.3) is 0 Å². The van der Waals surface area contributed by atoms with Crippen LogP contribution in [0.3, 0.4) is 0 Å². The van der Waals surface area contributed by atoms with E-state index in [0.717, 1.165) is 12.8 Å². The zero-order chi connectivity index (χ0) is 26.7. The Bertz CT molecular complexity index is 1180. The van der Waals surface area contributed by atoms with Crippen molar-refractivity contribution in [1.82, 2.24) is 15.3 Å². The number of hydrogen-bond donors (Lipinski definition) is 4. The van der Waals surface area contributed by atoms with Crippen LogP contribution in [0, 0.1) is 12.3 Å². The molecular weight excluding hydrogens is 479 g/mol. The predicted octanol–water partition coefficient (Wildman–Crippen LogP) is 4.32. The molecule has 1 aliphatic rings. The number of ether oxygens (including phenoxy) is 1. The first-order valence-corrected chi connectivity index (χ1v) is 11.0. The Morgan fingerprint density at radius 1 is 1.28 bits per heavy atom. The molecular formula is C24H26F3N5O4. The number of nitrogens with one attached hydrogen (secondary N) is 3. The van der Waals surface area contributed by atoms with Crippen molar-refractivity contribution in [2.24, 2.45) is 0 Å². The van der Waals surface area contributed by atoms with Crippen LogP contribution in [0.1, 0.15) is 50.3 Å². The van der Waals surface area contributed by atoms with Crippen molar-refractivity contribution >= 4 is 29.5 Å². The van der Waals surface area contributed by atoms with Crippen LogP contribution >= 0.6 is 0 Å². The molecule has 192 valence electrons. The van der Waals surface area contributed by atoms with E-state index in [1.54, 1.807) is 26.8 Å². The van der Waals surface area contributed by atoms with Gasteiger partial charge in [-0.1, -0.05) is 12.0 Å². The number of terminal acetylenes is 1. The van der Waals surface area contributed by atoms with Crippen LogP contribution in [0.15, 0.2) is 24.4 Å². The molecule has 1 aromatic heterocycles. The largest absolute Gasteiger partial charge is 0.480 e. The number of amides is 1. The van der Waals surface area contributed by atoms with Crippen LogP contribution in [-0.2, 0) is 22.1 Å². The number of hydrogen-bond acceptors (Lipinski definition) is 7. The molecule has 1 fully saturated rings. The fraction of sp³-hybridized carbons (Fsp3) is 0.417. The zero-order valence-electron chi connectivity index (χ0n) is 19.9. The highest BCUT2D eigenvalue weighted by Crippen LogP contribution is 2.36. The van der Waals surface area contributed by atoms with Crippen molar-refractivity contribution in [3.8, 4) is 12.3 Å². The molecule has 0 unspecified atom stereocenters. The third-order valence-electron chi connectivity index (χ3n) is 4.93. The van der Waals surface area contributed by atoms with Crippen LogP contribution in [-0.4, -0.2) is 44.8 Å². The second-order valence-corrected chi connectivity index (χ2v) is 9.26. The molecule has 0 radical (unpaired) electrons. The average Bonchev–Trinajstić information content (AvgIpc) is 3.56. The number of aromatic nitrogens is 2. The normalized spacial score (nSPS) is 14.4. The van der Waals surface area contributed by atoms with Gasteiger partial charge >= 0.3 is 18.2 Å². The molecule has 1 atom stereocenters. The first-order valence-electron chi connectivity index (χ1n) is 11.0. The highest BCUT2D eigenvalue weighted by molar-refractivity contribution is 5.80. The molecule has 12 heteroatoms. The van der Waals surface area contributed by atoms with Crippen LogP contribution in [0.2, 0.25) is 0 Å². The van der Waals surface area contributed by atoms with Crippen molar-refractivity contribution < 1.29 is 32.6 Å². The maximum absolute atomic E-state index is 13.3. The number of carboxylic acids is 1. The summed E-state index contributed by atoms with van der Waals surface area (Å²) in [6, 6.07) is 3.29. The Balaban J connectivity index is 1.78. The number of carboxylic acid groups (broad SMARTS) is 1. The highest BCUT2D eigenvalue weighted by Gasteiger charge is 2.37. The summed E-state index contributed by atoms with van der Waals surface area (Å²) in [4.78, 5) is 31.4. The van der Waals surface area contributed by atoms with E-state index in [4.69, 9.17) is 11.2 Å². The van der Waals surface area contributed by atoms with E-state index in [0.29, 0.717) is 23.0 Å². The van der Waals surface area contributed by atoms with E-state index in [9.17, 15) is 27.9 Å². The maximum atomic E-state index is 13.3. The lowest BCUT2D eigenvalue weighted by molar-refractivity contribution is -0.139. The lowest BCUT2D eigenvalue weighted by Gasteiger charge is -2.22. The Morgan fingerprint density at radius 3 is 2.53 bits per heavy atom. The fourth-order valence-corrected chi connectivity index (χ4v) is 3.13. The number of anilines is 3. The van der Waals surface area contributed by atoms with E-state index in [-0.39, 0.29) is 24.2 Å². The molecule has 0 aliphatic heterocycles. The number of halogens is 3. The Hall–Kier alpha value is -4.01. The minimum Gasteiger partial charge on any atom is -0.480 e.